The third-order valence-corrected chi connectivity index (χ3v) is 4.28. The van der Waals surface area contributed by atoms with Crippen LogP contribution in [0.5, 0.6) is 0 Å². The molecule has 1 aliphatic rings. The van der Waals surface area contributed by atoms with Crippen LogP contribution < -0.4 is 5.32 Å². The van der Waals surface area contributed by atoms with Gasteiger partial charge < -0.3 is 15.1 Å². The van der Waals surface area contributed by atoms with Crippen molar-refractivity contribution >= 4 is 0 Å². The number of likely N-dealkylation sites (N-methyl/N-ethyl adjacent to an activating group) is 1. The molecule has 0 aliphatic carbocycles. The van der Waals surface area contributed by atoms with Gasteiger partial charge in [-0.25, -0.2) is 4.39 Å². The summed E-state index contributed by atoms with van der Waals surface area (Å²) in [6, 6.07) is 7.17. The lowest BCUT2D eigenvalue weighted by atomic mass is 10.0. The van der Waals surface area contributed by atoms with Crippen LogP contribution in [0.25, 0.3) is 0 Å². The fraction of sp³-hybridized carbons (Fsp3) is 0.625. The van der Waals surface area contributed by atoms with Gasteiger partial charge in [0.1, 0.15) is 5.82 Å². The topological polar surface area (TPSA) is 18.5 Å². The Morgan fingerprint density at radius 3 is 2.40 bits per heavy atom. The quantitative estimate of drug-likeness (QED) is 0.860. The molecule has 0 radical (unpaired) electrons. The predicted molar refractivity (Wildman–Crippen MR) is 81.4 cm³/mol. The first-order valence-corrected chi connectivity index (χ1v) is 7.61. The Bertz CT molecular complexity index is 402. The number of piperazine rings is 1. The summed E-state index contributed by atoms with van der Waals surface area (Å²) in [4.78, 5) is 4.96. The average Bonchev–Trinajstić information content (AvgIpc) is 2.50. The van der Waals surface area contributed by atoms with Gasteiger partial charge in [0.05, 0.1) is 0 Å². The number of hydrogen-bond acceptors (Lipinski definition) is 3. The standard InChI is InChI=1S/C16H26FN3/c1-3-19-10-12-20(13-11-19)9-8-16(18-2)14-6-4-5-7-15(14)17/h4-7,16,18H,3,8-13H2,1-2H3. The van der Waals surface area contributed by atoms with Gasteiger partial charge in [0.15, 0.2) is 0 Å². The van der Waals surface area contributed by atoms with E-state index in [9.17, 15) is 4.39 Å². The van der Waals surface area contributed by atoms with Gasteiger partial charge in [-0.2, -0.15) is 0 Å². The minimum atomic E-state index is -0.109. The molecular formula is C16H26FN3. The normalized spacial score (nSPS) is 19.1. The van der Waals surface area contributed by atoms with E-state index >= 15 is 0 Å². The molecule has 3 nitrogen and oxygen atoms in total. The Hall–Kier alpha value is -0.970. The van der Waals surface area contributed by atoms with Crippen LogP contribution in [0.3, 0.4) is 0 Å². The Labute approximate surface area is 121 Å². The maximum Gasteiger partial charge on any atom is 0.127 e. The van der Waals surface area contributed by atoms with E-state index in [1.165, 1.54) is 0 Å². The van der Waals surface area contributed by atoms with Gasteiger partial charge in [-0.3, -0.25) is 0 Å². The molecule has 1 aromatic rings. The Kier molecular flexibility index (Phi) is 5.95. The zero-order valence-corrected chi connectivity index (χ0v) is 12.6. The summed E-state index contributed by atoms with van der Waals surface area (Å²) in [6.45, 7) is 8.94. The van der Waals surface area contributed by atoms with E-state index in [-0.39, 0.29) is 11.9 Å². The molecule has 1 unspecified atom stereocenters. The minimum Gasteiger partial charge on any atom is -0.313 e. The Balaban J connectivity index is 1.84. The van der Waals surface area contributed by atoms with E-state index in [4.69, 9.17) is 0 Å². The van der Waals surface area contributed by atoms with Crippen LogP contribution in [0.4, 0.5) is 4.39 Å². The van der Waals surface area contributed by atoms with E-state index in [0.717, 1.165) is 51.3 Å². The lowest BCUT2D eigenvalue weighted by molar-refractivity contribution is 0.133. The highest BCUT2D eigenvalue weighted by Gasteiger charge is 2.18. The molecule has 1 atom stereocenters. The fourth-order valence-electron chi connectivity index (χ4n) is 2.85. The number of nitrogens with zero attached hydrogens (tertiary/aromatic N) is 2. The lowest BCUT2D eigenvalue weighted by Crippen LogP contribution is -2.46. The summed E-state index contributed by atoms with van der Waals surface area (Å²) in [5, 5.41) is 3.24. The van der Waals surface area contributed by atoms with Crippen LogP contribution in [0, 0.1) is 5.82 Å². The predicted octanol–water partition coefficient (Wildman–Crippen LogP) is 2.11. The molecule has 0 spiro atoms. The van der Waals surface area contributed by atoms with Crippen LogP contribution in [0.2, 0.25) is 0 Å². The number of nitrogens with one attached hydrogen (secondary N) is 1. The molecular weight excluding hydrogens is 253 g/mol. The molecule has 112 valence electrons. The van der Waals surface area contributed by atoms with Crippen LogP contribution in [-0.2, 0) is 0 Å². The van der Waals surface area contributed by atoms with E-state index < -0.39 is 0 Å². The van der Waals surface area contributed by atoms with Crippen LogP contribution >= 0.6 is 0 Å². The zero-order chi connectivity index (χ0) is 14.4. The molecule has 0 saturated carbocycles. The summed E-state index contributed by atoms with van der Waals surface area (Å²) in [5.74, 6) is -0.109. The molecule has 0 aromatic heterocycles. The van der Waals surface area contributed by atoms with Crippen molar-refractivity contribution in [2.75, 3.05) is 46.3 Å². The summed E-state index contributed by atoms with van der Waals surface area (Å²) in [5.41, 5.74) is 0.780. The molecule has 1 aromatic carbocycles. The molecule has 0 bridgehead atoms. The number of halogens is 1. The van der Waals surface area contributed by atoms with Crippen molar-refractivity contribution in [2.45, 2.75) is 19.4 Å². The minimum absolute atomic E-state index is 0.0976. The maximum absolute atomic E-state index is 13.8. The van der Waals surface area contributed by atoms with Crippen molar-refractivity contribution in [2.24, 2.45) is 0 Å². The maximum atomic E-state index is 13.8. The smallest absolute Gasteiger partial charge is 0.127 e. The number of hydrogen-bond donors (Lipinski definition) is 1. The molecule has 1 heterocycles. The van der Waals surface area contributed by atoms with E-state index in [0.29, 0.717) is 0 Å². The Morgan fingerprint density at radius 1 is 1.15 bits per heavy atom. The van der Waals surface area contributed by atoms with Crippen molar-refractivity contribution in [1.29, 1.82) is 0 Å². The first kappa shape index (κ1) is 15.4. The monoisotopic (exact) mass is 279 g/mol. The molecule has 4 heteroatoms. The van der Waals surface area contributed by atoms with Gasteiger partial charge in [-0.05, 0) is 26.1 Å². The average molecular weight is 279 g/mol. The molecule has 1 aliphatic heterocycles. The summed E-state index contributed by atoms with van der Waals surface area (Å²) >= 11 is 0. The van der Waals surface area contributed by atoms with Gasteiger partial charge >= 0.3 is 0 Å². The lowest BCUT2D eigenvalue weighted by Gasteiger charge is -2.34. The highest BCUT2D eigenvalue weighted by Crippen LogP contribution is 2.20. The van der Waals surface area contributed by atoms with Crippen LogP contribution in [0.1, 0.15) is 24.9 Å². The second-order valence-corrected chi connectivity index (χ2v) is 5.43. The van der Waals surface area contributed by atoms with Crippen molar-refractivity contribution in [3.8, 4) is 0 Å². The molecule has 2 rings (SSSR count). The van der Waals surface area contributed by atoms with Gasteiger partial charge in [-0.15, -0.1) is 0 Å². The van der Waals surface area contributed by atoms with Crippen LogP contribution in [-0.4, -0.2) is 56.1 Å². The van der Waals surface area contributed by atoms with Crippen molar-refractivity contribution in [3.05, 3.63) is 35.6 Å². The molecule has 1 saturated heterocycles. The zero-order valence-electron chi connectivity index (χ0n) is 12.6. The summed E-state index contributed by atoms with van der Waals surface area (Å²) < 4.78 is 13.8. The van der Waals surface area contributed by atoms with Gasteiger partial charge in [0.25, 0.3) is 0 Å². The highest BCUT2D eigenvalue weighted by molar-refractivity contribution is 5.21. The van der Waals surface area contributed by atoms with Gasteiger partial charge in [-0.1, -0.05) is 25.1 Å². The number of rotatable bonds is 6. The van der Waals surface area contributed by atoms with Gasteiger partial charge in [0.2, 0.25) is 0 Å². The second-order valence-electron chi connectivity index (χ2n) is 5.43. The largest absolute Gasteiger partial charge is 0.313 e. The highest BCUT2D eigenvalue weighted by atomic mass is 19.1. The second kappa shape index (κ2) is 7.72. The first-order valence-electron chi connectivity index (χ1n) is 7.61. The van der Waals surface area contributed by atoms with Gasteiger partial charge in [0, 0.05) is 44.3 Å². The van der Waals surface area contributed by atoms with E-state index in [1.807, 2.05) is 19.2 Å². The molecule has 1 N–H and O–H groups in total. The fourth-order valence-corrected chi connectivity index (χ4v) is 2.85. The summed E-state index contributed by atoms with van der Waals surface area (Å²) in [6.07, 6.45) is 0.948. The van der Waals surface area contributed by atoms with Crippen LogP contribution in [0.15, 0.2) is 24.3 Å². The summed E-state index contributed by atoms with van der Waals surface area (Å²) in [7, 11) is 1.91. The third kappa shape index (κ3) is 4.01. The van der Waals surface area contributed by atoms with E-state index in [1.54, 1.807) is 12.1 Å². The number of benzene rings is 1. The molecule has 1 fully saturated rings. The van der Waals surface area contributed by atoms with Crippen molar-refractivity contribution < 1.29 is 4.39 Å². The van der Waals surface area contributed by atoms with E-state index in [2.05, 4.69) is 22.0 Å². The Morgan fingerprint density at radius 2 is 1.80 bits per heavy atom. The first-order chi connectivity index (χ1) is 9.74. The van der Waals surface area contributed by atoms with Crippen molar-refractivity contribution in [3.63, 3.8) is 0 Å². The SMILES string of the molecule is CCN1CCN(CCC(NC)c2ccccc2F)CC1. The molecule has 20 heavy (non-hydrogen) atoms. The third-order valence-electron chi connectivity index (χ3n) is 4.28. The van der Waals surface area contributed by atoms with Crippen molar-refractivity contribution in [1.82, 2.24) is 15.1 Å². The molecule has 0 amide bonds.